The third-order valence-corrected chi connectivity index (χ3v) is 13.9. The highest BCUT2D eigenvalue weighted by atomic mass is 16.3. The fraction of sp³-hybridized carbons (Fsp3) is 0.0154. The molecule has 0 amide bonds. The van der Waals surface area contributed by atoms with Gasteiger partial charge in [0.15, 0.2) is 5.58 Å². The van der Waals surface area contributed by atoms with Crippen LogP contribution in [0.4, 0.5) is 17.1 Å². The first kappa shape index (κ1) is 38.7. The maximum atomic E-state index is 6.79. The van der Waals surface area contributed by atoms with Crippen molar-refractivity contribution < 1.29 is 4.42 Å². The molecule has 0 unspecified atom stereocenters. The van der Waals surface area contributed by atoms with E-state index in [1.165, 1.54) is 66.4 Å². The van der Waals surface area contributed by atoms with E-state index >= 15 is 0 Å². The van der Waals surface area contributed by atoms with Gasteiger partial charge in [0, 0.05) is 22.1 Å². The van der Waals surface area contributed by atoms with Crippen molar-refractivity contribution in [3.63, 3.8) is 0 Å². The maximum absolute atomic E-state index is 6.79. The third-order valence-electron chi connectivity index (χ3n) is 13.9. The highest BCUT2D eigenvalue weighted by Gasteiger charge is 2.46. The van der Waals surface area contributed by atoms with Gasteiger partial charge in [-0.1, -0.05) is 206 Å². The molecule has 0 bridgehead atoms. The summed E-state index contributed by atoms with van der Waals surface area (Å²) >= 11 is 0. The van der Waals surface area contributed by atoms with E-state index in [1.807, 2.05) is 6.07 Å². The second kappa shape index (κ2) is 15.8. The zero-order valence-corrected chi connectivity index (χ0v) is 36.7. The van der Waals surface area contributed by atoms with Crippen LogP contribution in [-0.2, 0) is 5.41 Å². The standard InChI is InChI=1S/C65H43NO/c1-3-22-52(23-4-1)65(53-24-5-2-6-25-53)60-29-11-9-26-56(60)57-39-38-55(43-61(57)65)66(62-30-15-28-59-58-27-10-12-31-63(58)67-64(59)62)54-36-34-45(35-37-54)47-18-13-19-48(40-47)49-20-14-21-50(42-49)51-33-32-44-16-7-8-17-46(44)41-51/h1-43H. The van der Waals surface area contributed by atoms with E-state index in [9.17, 15) is 0 Å². The lowest BCUT2D eigenvalue weighted by molar-refractivity contribution is 0.669. The minimum Gasteiger partial charge on any atom is -0.454 e. The molecule has 2 heteroatoms. The molecule has 67 heavy (non-hydrogen) atoms. The SMILES string of the molecule is c1ccc(C2(c3ccccc3)c3ccccc3-c3ccc(N(c4ccc(-c5cccc(-c6cccc(-c7ccc8ccccc8c7)c6)c5)cc4)c4cccc5c4oc4ccccc45)cc32)cc1. The molecule has 0 N–H and O–H groups in total. The van der Waals surface area contributed by atoms with Gasteiger partial charge < -0.3 is 9.32 Å². The van der Waals surface area contributed by atoms with Crippen molar-refractivity contribution in [3.8, 4) is 44.5 Å². The molecule has 11 aromatic carbocycles. The lowest BCUT2D eigenvalue weighted by Crippen LogP contribution is -2.28. The number of para-hydroxylation sites is 2. The largest absolute Gasteiger partial charge is 0.454 e. The Hall–Kier alpha value is -8.72. The van der Waals surface area contributed by atoms with Crippen molar-refractivity contribution in [2.24, 2.45) is 0 Å². The molecule has 1 aliphatic carbocycles. The summed E-state index contributed by atoms with van der Waals surface area (Å²) in [6, 6.07) is 95.0. The third kappa shape index (κ3) is 6.33. The molecule has 0 atom stereocenters. The number of anilines is 3. The molecule has 314 valence electrons. The highest BCUT2D eigenvalue weighted by molar-refractivity contribution is 6.10. The van der Waals surface area contributed by atoms with Gasteiger partial charge in [0.2, 0.25) is 0 Å². The van der Waals surface area contributed by atoms with Crippen LogP contribution in [0.3, 0.4) is 0 Å². The normalized spacial score (nSPS) is 12.6. The molecule has 0 radical (unpaired) electrons. The average molecular weight is 854 g/mol. The van der Waals surface area contributed by atoms with Gasteiger partial charge in [-0.3, -0.25) is 0 Å². The van der Waals surface area contributed by atoms with Crippen molar-refractivity contribution in [1.29, 1.82) is 0 Å². The van der Waals surface area contributed by atoms with Gasteiger partial charge in [0.25, 0.3) is 0 Å². The zero-order valence-electron chi connectivity index (χ0n) is 36.7. The van der Waals surface area contributed by atoms with E-state index in [0.29, 0.717) is 0 Å². The van der Waals surface area contributed by atoms with Crippen LogP contribution in [0.1, 0.15) is 22.3 Å². The number of nitrogens with zero attached hydrogens (tertiary/aromatic N) is 1. The summed E-state index contributed by atoms with van der Waals surface area (Å²) in [6.07, 6.45) is 0. The average Bonchev–Trinajstić information content (AvgIpc) is 3.94. The molecule has 0 saturated carbocycles. The Morgan fingerprint density at radius 3 is 1.58 bits per heavy atom. The van der Waals surface area contributed by atoms with Gasteiger partial charge in [-0.25, -0.2) is 0 Å². The first-order valence-electron chi connectivity index (χ1n) is 23.1. The summed E-state index contributed by atoms with van der Waals surface area (Å²) in [5, 5.41) is 4.70. The van der Waals surface area contributed by atoms with Crippen molar-refractivity contribution in [2.45, 2.75) is 5.41 Å². The smallest absolute Gasteiger partial charge is 0.159 e. The maximum Gasteiger partial charge on any atom is 0.159 e. The quantitative estimate of drug-likeness (QED) is 0.151. The Bertz CT molecular complexity index is 3770. The molecule has 1 heterocycles. The summed E-state index contributed by atoms with van der Waals surface area (Å²) in [6.45, 7) is 0. The summed E-state index contributed by atoms with van der Waals surface area (Å²) < 4.78 is 6.79. The Balaban J connectivity index is 0.948. The topological polar surface area (TPSA) is 16.4 Å². The van der Waals surface area contributed by atoms with Crippen LogP contribution in [0.25, 0.3) is 77.2 Å². The van der Waals surface area contributed by atoms with Crippen molar-refractivity contribution in [2.75, 3.05) is 4.90 Å². The molecule has 0 saturated heterocycles. The van der Waals surface area contributed by atoms with Crippen LogP contribution in [-0.4, -0.2) is 0 Å². The Morgan fingerprint density at radius 2 is 0.851 bits per heavy atom. The lowest BCUT2D eigenvalue weighted by atomic mass is 9.67. The van der Waals surface area contributed by atoms with Crippen LogP contribution in [0, 0.1) is 0 Å². The first-order chi connectivity index (χ1) is 33.2. The lowest BCUT2D eigenvalue weighted by Gasteiger charge is -2.35. The van der Waals surface area contributed by atoms with E-state index in [1.54, 1.807) is 0 Å². The Morgan fingerprint density at radius 1 is 0.313 bits per heavy atom. The van der Waals surface area contributed by atoms with Crippen LogP contribution >= 0.6 is 0 Å². The van der Waals surface area contributed by atoms with Crippen LogP contribution in [0.2, 0.25) is 0 Å². The van der Waals surface area contributed by atoms with Gasteiger partial charge in [0.05, 0.1) is 11.1 Å². The van der Waals surface area contributed by atoms with E-state index in [0.717, 1.165) is 50.1 Å². The number of hydrogen-bond donors (Lipinski definition) is 0. The van der Waals surface area contributed by atoms with Crippen LogP contribution in [0.5, 0.6) is 0 Å². The number of rotatable bonds is 8. The fourth-order valence-corrected chi connectivity index (χ4v) is 10.8. The predicted molar refractivity (Wildman–Crippen MR) is 280 cm³/mol. The van der Waals surface area contributed by atoms with Gasteiger partial charge in [-0.05, 0) is 132 Å². The Labute approximate surface area is 390 Å². The fourth-order valence-electron chi connectivity index (χ4n) is 10.8. The summed E-state index contributed by atoms with van der Waals surface area (Å²) in [5.74, 6) is 0. The second-order valence-electron chi connectivity index (χ2n) is 17.6. The van der Waals surface area contributed by atoms with Gasteiger partial charge in [-0.15, -0.1) is 0 Å². The number of fused-ring (bicyclic) bond motifs is 7. The van der Waals surface area contributed by atoms with E-state index in [-0.39, 0.29) is 0 Å². The van der Waals surface area contributed by atoms with Crippen molar-refractivity contribution in [3.05, 3.63) is 283 Å². The zero-order chi connectivity index (χ0) is 44.3. The number of hydrogen-bond acceptors (Lipinski definition) is 2. The molecule has 0 aliphatic heterocycles. The van der Waals surface area contributed by atoms with Crippen molar-refractivity contribution >= 4 is 49.8 Å². The van der Waals surface area contributed by atoms with E-state index in [4.69, 9.17) is 4.42 Å². The second-order valence-corrected chi connectivity index (χ2v) is 17.6. The minimum absolute atomic E-state index is 0.536. The summed E-state index contributed by atoms with van der Waals surface area (Å²) in [4.78, 5) is 2.38. The predicted octanol–water partition coefficient (Wildman–Crippen LogP) is 17.6. The van der Waals surface area contributed by atoms with Crippen LogP contribution in [0.15, 0.2) is 265 Å². The molecule has 0 fully saturated rings. The first-order valence-corrected chi connectivity index (χ1v) is 23.1. The Kier molecular flexibility index (Phi) is 9.11. The summed E-state index contributed by atoms with van der Waals surface area (Å²) in [5.41, 5.74) is 18.9. The molecular formula is C65H43NO. The highest BCUT2D eigenvalue weighted by Crippen LogP contribution is 2.57. The monoisotopic (exact) mass is 853 g/mol. The molecule has 1 aromatic heterocycles. The molecule has 12 aromatic rings. The van der Waals surface area contributed by atoms with Gasteiger partial charge in [0.1, 0.15) is 5.58 Å². The van der Waals surface area contributed by atoms with Crippen molar-refractivity contribution in [1.82, 2.24) is 0 Å². The van der Waals surface area contributed by atoms with Gasteiger partial charge >= 0.3 is 0 Å². The molecule has 1 aliphatic rings. The number of furan rings is 1. The van der Waals surface area contributed by atoms with Gasteiger partial charge in [-0.2, -0.15) is 0 Å². The van der Waals surface area contributed by atoms with E-state index in [2.05, 4.69) is 260 Å². The molecular weight excluding hydrogens is 811 g/mol. The summed E-state index contributed by atoms with van der Waals surface area (Å²) in [7, 11) is 0. The van der Waals surface area contributed by atoms with E-state index < -0.39 is 5.41 Å². The minimum atomic E-state index is -0.536. The molecule has 0 spiro atoms. The molecule has 2 nitrogen and oxygen atoms in total. The number of benzene rings is 11. The van der Waals surface area contributed by atoms with Crippen LogP contribution < -0.4 is 4.90 Å². The molecule has 13 rings (SSSR count).